The van der Waals surface area contributed by atoms with Crippen LogP contribution in [0.1, 0.15) is 16.1 Å². The summed E-state index contributed by atoms with van der Waals surface area (Å²) in [5.41, 5.74) is 4.34. The Morgan fingerprint density at radius 3 is 2.71 bits per heavy atom. The highest BCUT2D eigenvalue weighted by Gasteiger charge is 2.00. The molecule has 0 saturated carbocycles. The Morgan fingerprint density at radius 1 is 1.29 bits per heavy atom. The number of rotatable bonds is 5. The molecule has 2 rings (SSSR count). The van der Waals surface area contributed by atoms with Gasteiger partial charge < -0.3 is 5.32 Å². The fourth-order valence-electron chi connectivity index (χ4n) is 1.58. The zero-order valence-corrected chi connectivity index (χ0v) is 11.3. The number of hydrogen-bond acceptors (Lipinski definition) is 3. The molecule has 0 unspecified atom stereocenters. The topological polar surface area (TPSA) is 24.9 Å². The second kappa shape index (κ2) is 6.15. The largest absolute Gasteiger partial charge is 0.311 e. The third-order valence-electron chi connectivity index (χ3n) is 2.63. The van der Waals surface area contributed by atoms with Crippen LogP contribution in [0.25, 0.3) is 0 Å². The number of hydrogen-bond donors (Lipinski definition) is 1. The summed E-state index contributed by atoms with van der Waals surface area (Å²) >= 11 is 7.54. The molecule has 1 N–H and O–H groups in total. The first kappa shape index (κ1) is 12.6. The molecule has 90 valence electrons. The number of nitrogens with zero attached hydrogens (tertiary/aromatic N) is 1. The molecule has 0 saturated heterocycles. The average molecular weight is 267 g/mol. The third-order valence-corrected chi connectivity index (χ3v) is 3.82. The van der Waals surface area contributed by atoms with Gasteiger partial charge in [-0.1, -0.05) is 23.7 Å². The lowest BCUT2D eigenvalue weighted by molar-refractivity contribution is 0.690. The number of aromatic nitrogens is 1. The number of halogens is 1. The molecule has 1 aromatic heterocycles. The quantitative estimate of drug-likeness (QED) is 0.839. The highest BCUT2D eigenvalue weighted by molar-refractivity contribution is 7.09. The maximum Gasteiger partial charge on any atom is 0.0798 e. The van der Waals surface area contributed by atoms with Gasteiger partial charge in [-0.3, -0.25) is 0 Å². The molecule has 0 spiro atoms. The van der Waals surface area contributed by atoms with Crippen LogP contribution in [0.15, 0.2) is 29.8 Å². The lowest BCUT2D eigenvalue weighted by Gasteiger charge is -2.04. The zero-order chi connectivity index (χ0) is 12.1. The fourth-order valence-corrected chi connectivity index (χ4v) is 2.45. The summed E-state index contributed by atoms with van der Waals surface area (Å²) in [5, 5.41) is 4.22. The fraction of sp³-hybridized carbons (Fsp3) is 0.308. The van der Waals surface area contributed by atoms with Crippen molar-refractivity contribution in [2.24, 2.45) is 0 Å². The SMILES string of the molecule is Cc1ncsc1CNCCc1ccc(Cl)cc1. The third kappa shape index (κ3) is 3.80. The van der Waals surface area contributed by atoms with Crippen molar-refractivity contribution in [1.29, 1.82) is 0 Å². The zero-order valence-electron chi connectivity index (χ0n) is 9.74. The number of benzene rings is 1. The van der Waals surface area contributed by atoms with Gasteiger partial charge in [0.05, 0.1) is 11.2 Å². The smallest absolute Gasteiger partial charge is 0.0798 e. The van der Waals surface area contributed by atoms with E-state index in [1.54, 1.807) is 11.3 Å². The number of aryl methyl sites for hydroxylation is 1. The molecule has 2 nitrogen and oxygen atoms in total. The lowest BCUT2D eigenvalue weighted by atomic mass is 10.1. The summed E-state index contributed by atoms with van der Waals surface area (Å²) < 4.78 is 0. The van der Waals surface area contributed by atoms with Crippen LogP contribution in [0.3, 0.4) is 0 Å². The Morgan fingerprint density at radius 2 is 2.06 bits per heavy atom. The second-order valence-corrected chi connectivity index (χ2v) is 5.29. The van der Waals surface area contributed by atoms with E-state index in [0.717, 1.165) is 30.2 Å². The molecular weight excluding hydrogens is 252 g/mol. The van der Waals surface area contributed by atoms with Gasteiger partial charge in [-0.25, -0.2) is 4.98 Å². The summed E-state index contributed by atoms with van der Waals surface area (Å²) in [6.45, 7) is 3.93. The van der Waals surface area contributed by atoms with Crippen LogP contribution in [-0.2, 0) is 13.0 Å². The summed E-state index contributed by atoms with van der Waals surface area (Å²) in [4.78, 5) is 5.55. The van der Waals surface area contributed by atoms with Crippen molar-refractivity contribution in [2.75, 3.05) is 6.54 Å². The molecule has 0 bridgehead atoms. The Hall–Kier alpha value is -0.900. The summed E-state index contributed by atoms with van der Waals surface area (Å²) in [7, 11) is 0. The van der Waals surface area contributed by atoms with Crippen LogP contribution in [0, 0.1) is 6.92 Å². The van der Waals surface area contributed by atoms with Crippen molar-refractivity contribution in [3.63, 3.8) is 0 Å². The van der Waals surface area contributed by atoms with Gasteiger partial charge in [0.1, 0.15) is 0 Å². The molecule has 17 heavy (non-hydrogen) atoms. The summed E-state index contributed by atoms with van der Waals surface area (Å²) in [5.74, 6) is 0. The van der Waals surface area contributed by atoms with E-state index >= 15 is 0 Å². The Bertz CT molecular complexity index is 465. The molecule has 0 amide bonds. The van der Waals surface area contributed by atoms with E-state index in [1.165, 1.54) is 10.4 Å². The second-order valence-electron chi connectivity index (χ2n) is 3.91. The van der Waals surface area contributed by atoms with E-state index in [-0.39, 0.29) is 0 Å². The predicted octanol–water partition coefficient (Wildman–Crippen LogP) is 3.44. The molecule has 1 aromatic carbocycles. The van der Waals surface area contributed by atoms with E-state index in [4.69, 9.17) is 11.6 Å². The van der Waals surface area contributed by atoms with Crippen LogP contribution in [0.5, 0.6) is 0 Å². The molecule has 4 heteroatoms. The highest BCUT2D eigenvalue weighted by atomic mass is 35.5. The minimum atomic E-state index is 0.794. The Labute approximate surface area is 111 Å². The van der Waals surface area contributed by atoms with Crippen LogP contribution in [0.2, 0.25) is 5.02 Å². The van der Waals surface area contributed by atoms with Crippen molar-refractivity contribution in [1.82, 2.24) is 10.3 Å². The summed E-state index contributed by atoms with van der Waals surface area (Å²) in [6, 6.07) is 8.01. The van der Waals surface area contributed by atoms with E-state index in [1.807, 2.05) is 24.6 Å². The van der Waals surface area contributed by atoms with Crippen LogP contribution < -0.4 is 5.32 Å². The van der Waals surface area contributed by atoms with E-state index in [9.17, 15) is 0 Å². The molecule has 0 fully saturated rings. The molecule has 0 atom stereocenters. The monoisotopic (exact) mass is 266 g/mol. The standard InChI is InChI=1S/C13H15ClN2S/c1-10-13(17-9-16-10)8-15-7-6-11-2-4-12(14)5-3-11/h2-5,9,15H,6-8H2,1H3. The van der Waals surface area contributed by atoms with Crippen molar-refractivity contribution in [3.8, 4) is 0 Å². The number of thiazole rings is 1. The minimum Gasteiger partial charge on any atom is -0.311 e. The van der Waals surface area contributed by atoms with E-state index in [0.29, 0.717) is 0 Å². The minimum absolute atomic E-state index is 0.794. The molecule has 0 aliphatic rings. The van der Waals surface area contributed by atoms with Crippen LogP contribution in [0.4, 0.5) is 0 Å². The van der Waals surface area contributed by atoms with Crippen molar-refractivity contribution < 1.29 is 0 Å². The van der Waals surface area contributed by atoms with Crippen molar-refractivity contribution in [3.05, 3.63) is 50.9 Å². The molecule has 0 aliphatic heterocycles. The maximum absolute atomic E-state index is 5.84. The molecular formula is C13H15ClN2S. The molecule has 0 radical (unpaired) electrons. The highest BCUT2D eigenvalue weighted by Crippen LogP contribution is 2.12. The molecule has 0 aliphatic carbocycles. The van der Waals surface area contributed by atoms with Gasteiger partial charge in [0.15, 0.2) is 0 Å². The first-order valence-corrected chi connectivity index (χ1v) is 6.85. The van der Waals surface area contributed by atoms with E-state index < -0.39 is 0 Å². The normalized spacial score (nSPS) is 10.7. The van der Waals surface area contributed by atoms with E-state index in [2.05, 4.69) is 22.4 Å². The lowest BCUT2D eigenvalue weighted by Crippen LogP contribution is -2.16. The molecule has 1 heterocycles. The maximum atomic E-state index is 5.84. The van der Waals surface area contributed by atoms with Gasteiger partial charge in [0.2, 0.25) is 0 Å². The van der Waals surface area contributed by atoms with Gasteiger partial charge >= 0.3 is 0 Å². The van der Waals surface area contributed by atoms with Gasteiger partial charge in [-0.15, -0.1) is 11.3 Å². The average Bonchev–Trinajstić information content (AvgIpc) is 2.73. The Balaban J connectivity index is 1.73. The van der Waals surface area contributed by atoms with Crippen LogP contribution in [-0.4, -0.2) is 11.5 Å². The van der Waals surface area contributed by atoms with Crippen LogP contribution >= 0.6 is 22.9 Å². The Kier molecular flexibility index (Phi) is 4.54. The van der Waals surface area contributed by atoms with Gasteiger partial charge in [0.25, 0.3) is 0 Å². The van der Waals surface area contributed by atoms with Crippen molar-refractivity contribution >= 4 is 22.9 Å². The van der Waals surface area contributed by atoms with Gasteiger partial charge in [-0.2, -0.15) is 0 Å². The number of nitrogens with one attached hydrogen (secondary N) is 1. The molecule has 2 aromatic rings. The predicted molar refractivity (Wildman–Crippen MR) is 73.7 cm³/mol. The van der Waals surface area contributed by atoms with Crippen molar-refractivity contribution in [2.45, 2.75) is 19.9 Å². The van der Waals surface area contributed by atoms with Gasteiger partial charge in [-0.05, 0) is 37.6 Å². The first-order valence-electron chi connectivity index (χ1n) is 5.60. The first-order chi connectivity index (χ1) is 8.25. The van der Waals surface area contributed by atoms with Gasteiger partial charge in [0, 0.05) is 16.4 Å². The summed E-state index contributed by atoms with van der Waals surface area (Å²) in [6.07, 6.45) is 1.02.